The van der Waals surface area contributed by atoms with Gasteiger partial charge in [0.2, 0.25) is 5.91 Å². The van der Waals surface area contributed by atoms with E-state index in [0.29, 0.717) is 12.8 Å². The number of hydrogen-bond acceptors (Lipinski definition) is 6. The summed E-state index contributed by atoms with van der Waals surface area (Å²) in [5.41, 5.74) is 0.183. The van der Waals surface area contributed by atoms with Crippen LogP contribution in [0, 0.1) is 18.6 Å². The highest BCUT2D eigenvalue weighted by Crippen LogP contribution is 2.32. The van der Waals surface area contributed by atoms with Crippen molar-refractivity contribution in [2.45, 2.75) is 30.0 Å². The monoisotopic (exact) mass is 469 g/mol. The highest BCUT2D eigenvalue weighted by atomic mass is 32.2. The minimum Gasteiger partial charge on any atom is -0.301 e. The molecule has 2 aromatic heterocycles. The van der Waals surface area contributed by atoms with E-state index in [1.165, 1.54) is 9.69 Å². The molecule has 1 N–H and O–H groups in total. The molecule has 1 amide bonds. The second-order valence-electron chi connectivity index (χ2n) is 6.79. The molecule has 0 saturated carbocycles. The third-order valence-corrected chi connectivity index (χ3v) is 8.86. The Hall–Kier alpha value is -2.21. The SMILES string of the molecule is Cc1ccc(S(=O)(=O)N2CCCC2C(=O)Nc2nc(-c3cc(F)ccc3F)cs2)s1. The Morgan fingerprint density at radius 1 is 1.27 bits per heavy atom. The third kappa shape index (κ3) is 4.02. The van der Waals surface area contributed by atoms with Gasteiger partial charge in [0.1, 0.15) is 21.9 Å². The van der Waals surface area contributed by atoms with Gasteiger partial charge in [-0.15, -0.1) is 22.7 Å². The number of thiazole rings is 1. The third-order valence-electron chi connectivity index (χ3n) is 4.72. The molecule has 0 aliphatic carbocycles. The number of thiophene rings is 1. The van der Waals surface area contributed by atoms with Crippen molar-refractivity contribution in [1.29, 1.82) is 0 Å². The molecule has 0 radical (unpaired) electrons. The normalized spacial score (nSPS) is 17.4. The van der Waals surface area contributed by atoms with Crippen LogP contribution in [0.4, 0.5) is 13.9 Å². The number of sulfonamides is 1. The van der Waals surface area contributed by atoms with Crippen molar-refractivity contribution in [1.82, 2.24) is 9.29 Å². The molecule has 1 aliphatic heterocycles. The minimum atomic E-state index is -3.77. The van der Waals surface area contributed by atoms with E-state index in [1.54, 1.807) is 12.1 Å². The van der Waals surface area contributed by atoms with E-state index in [4.69, 9.17) is 0 Å². The lowest BCUT2D eigenvalue weighted by atomic mass is 10.1. The summed E-state index contributed by atoms with van der Waals surface area (Å²) in [6.45, 7) is 2.08. The van der Waals surface area contributed by atoms with Crippen molar-refractivity contribution in [2.24, 2.45) is 0 Å². The van der Waals surface area contributed by atoms with Gasteiger partial charge in [0.05, 0.1) is 5.69 Å². The summed E-state index contributed by atoms with van der Waals surface area (Å²) in [4.78, 5) is 17.8. The van der Waals surface area contributed by atoms with Gasteiger partial charge in [-0.2, -0.15) is 4.31 Å². The largest absolute Gasteiger partial charge is 0.301 e. The maximum absolute atomic E-state index is 14.0. The summed E-state index contributed by atoms with van der Waals surface area (Å²) >= 11 is 2.22. The summed E-state index contributed by atoms with van der Waals surface area (Å²) < 4.78 is 54.7. The van der Waals surface area contributed by atoms with Crippen molar-refractivity contribution in [2.75, 3.05) is 11.9 Å². The quantitative estimate of drug-likeness (QED) is 0.606. The number of aromatic nitrogens is 1. The fourth-order valence-corrected chi connectivity index (χ4v) is 7.08. The average Bonchev–Trinajstić information content (AvgIpc) is 3.44. The zero-order valence-corrected chi connectivity index (χ0v) is 18.2. The van der Waals surface area contributed by atoms with E-state index in [2.05, 4.69) is 10.3 Å². The summed E-state index contributed by atoms with van der Waals surface area (Å²) in [5.74, 6) is -1.72. The molecule has 0 spiro atoms. The van der Waals surface area contributed by atoms with Crippen LogP contribution in [0.2, 0.25) is 0 Å². The van der Waals surface area contributed by atoms with Crippen LogP contribution >= 0.6 is 22.7 Å². The molecular weight excluding hydrogens is 452 g/mol. The molecule has 1 unspecified atom stereocenters. The highest BCUT2D eigenvalue weighted by molar-refractivity contribution is 7.91. The van der Waals surface area contributed by atoms with Gasteiger partial charge in [-0.1, -0.05) is 0 Å². The average molecular weight is 470 g/mol. The Kier molecular flexibility index (Phi) is 5.71. The lowest BCUT2D eigenvalue weighted by molar-refractivity contribution is -0.119. The number of aryl methyl sites for hydroxylation is 1. The summed E-state index contributed by atoms with van der Waals surface area (Å²) in [7, 11) is -3.77. The van der Waals surface area contributed by atoms with Gasteiger partial charge in [0.15, 0.2) is 5.13 Å². The van der Waals surface area contributed by atoms with Gasteiger partial charge in [0, 0.05) is 22.4 Å². The van der Waals surface area contributed by atoms with Crippen LogP contribution in [-0.4, -0.2) is 36.2 Å². The van der Waals surface area contributed by atoms with Crippen LogP contribution in [0.25, 0.3) is 11.3 Å². The van der Waals surface area contributed by atoms with Crippen molar-refractivity contribution >= 4 is 43.7 Å². The fourth-order valence-electron chi connectivity index (χ4n) is 3.29. The maximum Gasteiger partial charge on any atom is 0.253 e. The van der Waals surface area contributed by atoms with Crippen molar-refractivity contribution in [3.8, 4) is 11.3 Å². The first-order valence-electron chi connectivity index (χ1n) is 9.06. The Balaban J connectivity index is 1.53. The Bertz CT molecular complexity index is 1210. The number of nitrogens with one attached hydrogen (secondary N) is 1. The highest BCUT2D eigenvalue weighted by Gasteiger charge is 2.40. The first-order valence-corrected chi connectivity index (χ1v) is 12.2. The van der Waals surface area contributed by atoms with Crippen LogP contribution in [0.5, 0.6) is 0 Å². The fraction of sp³-hybridized carbons (Fsp3) is 0.263. The van der Waals surface area contributed by atoms with Gasteiger partial charge in [0.25, 0.3) is 10.0 Å². The zero-order valence-electron chi connectivity index (χ0n) is 15.8. The molecule has 158 valence electrons. The summed E-state index contributed by atoms with van der Waals surface area (Å²) in [5, 5.41) is 4.31. The van der Waals surface area contributed by atoms with Crippen LogP contribution in [0.1, 0.15) is 17.7 Å². The van der Waals surface area contributed by atoms with Crippen LogP contribution in [0.3, 0.4) is 0 Å². The van der Waals surface area contributed by atoms with Gasteiger partial charge >= 0.3 is 0 Å². The number of amides is 1. The summed E-state index contributed by atoms with van der Waals surface area (Å²) in [6.07, 6.45) is 0.964. The number of carbonyl (C=O) groups is 1. The van der Waals surface area contributed by atoms with Crippen LogP contribution < -0.4 is 5.32 Å². The second kappa shape index (κ2) is 8.14. The van der Waals surface area contributed by atoms with Crippen molar-refractivity contribution in [3.63, 3.8) is 0 Å². The molecule has 1 aliphatic rings. The maximum atomic E-state index is 14.0. The number of hydrogen-bond donors (Lipinski definition) is 1. The van der Waals surface area contributed by atoms with Crippen LogP contribution in [-0.2, 0) is 14.8 Å². The number of benzene rings is 1. The predicted octanol–water partition coefficient (Wildman–Crippen LogP) is 4.25. The number of halogens is 2. The van der Waals surface area contributed by atoms with Crippen molar-refractivity contribution in [3.05, 3.63) is 52.2 Å². The number of carbonyl (C=O) groups excluding carboxylic acids is 1. The molecular formula is C19H17F2N3O3S3. The molecule has 1 atom stereocenters. The molecule has 1 aromatic carbocycles. The van der Waals surface area contributed by atoms with Gasteiger partial charge < -0.3 is 5.32 Å². The smallest absolute Gasteiger partial charge is 0.253 e. The standard InChI is InChI=1S/C19H17F2N3O3S3/c1-11-4-7-17(29-11)30(26,27)24-8-2-3-16(24)18(25)23-19-22-15(10-28-19)13-9-12(20)5-6-14(13)21/h4-7,9-10,16H,2-3,8H2,1H3,(H,22,23,25). The van der Waals surface area contributed by atoms with E-state index in [0.717, 1.165) is 45.7 Å². The minimum absolute atomic E-state index is 0.00937. The Morgan fingerprint density at radius 3 is 2.80 bits per heavy atom. The molecule has 1 fully saturated rings. The van der Waals surface area contributed by atoms with Gasteiger partial charge in [-0.05, 0) is 50.1 Å². The molecule has 0 bridgehead atoms. The molecule has 4 rings (SSSR count). The Morgan fingerprint density at radius 2 is 2.07 bits per heavy atom. The number of anilines is 1. The van der Waals surface area contributed by atoms with E-state index in [9.17, 15) is 22.0 Å². The van der Waals surface area contributed by atoms with E-state index in [1.807, 2.05) is 6.92 Å². The number of rotatable bonds is 5. The molecule has 3 aromatic rings. The lowest BCUT2D eigenvalue weighted by Gasteiger charge is -2.22. The van der Waals surface area contributed by atoms with Crippen molar-refractivity contribution < 1.29 is 22.0 Å². The topological polar surface area (TPSA) is 79.4 Å². The van der Waals surface area contributed by atoms with Crippen LogP contribution in [0.15, 0.2) is 39.9 Å². The molecule has 1 saturated heterocycles. The van der Waals surface area contributed by atoms with E-state index >= 15 is 0 Å². The van der Waals surface area contributed by atoms with E-state index < -0.39 is 33.6 Å². The second-order valence-corrected chi connectivity index (χ2v) is 11.1. The van der Waals surface area contributed by atoms with Gasteiger partial charge in [-0.3, -0.25) is 4.79 Å². The first kappa shape index (κ1) is 21.0. The zero-order chi connectivity index (χ0) is 21.5. The molecule has 3 heterocycles. The number of nitrogens with zero attached hydrogens (tertiary/aromatic N) is 2. The summed E-state index contributed by atoms with van der Waals surface area (Å²) in [6, 6.07) is 5.47. The molecule has 6 nitrogen and oxygen atoms in total. The first-order chi connectivity index (χ1) is 14.3. The lowest BCUT2D eigenvalue weighted by Crippen LogP contribution is -2.42. The van der Waals surface area contributed by atoms with Gasteiger partial charge in [-0.25, -0.2) is 22.2 Å². The predicted molar refractivity (Wildman–Crippen MR) is 112 cm³/mol. The molecule has 30 heavy (non-hydrogen) atoms. The Labute approximate surface area is 180 Å². The molecule has 11 heteroatoms. The van der Waals surface area contributed by atoms with E-state index in [-0.39, 0.29) is 27.1 Å².